The zero-order chi connectivity index (χ0) is 12.1. The van der Waals surface area contributed by atoms with Gasteiger partial charge >= 0.3 is 0 Å². The lowest BCUT2D eigenvalue weighted by Gasteiger charge is -2.28. The third-order valence-corrected chi connectivity index (χ3v) is 2.59. The summed E-state index contributed by atoms with van der Waals surface area (Å²) in [5.41, 5.74) is 0. The van der Waals surface area contributed by atoms with Gasteiger partial charge in [-0.1, -0.05) is 0 Å². The molecule has 5 heteroatoms. The van der Waals surface area contributed by atoms with Gasteiger partial charge in [-0.25, -0.2) is 0 Å². The molecule has 2 amide bonds. The number of ether oxygens (including phenoxy) is 1. The maximum absolute atomic E-state index is 11.7. The van der Waals surface area contributed by atoms with E-state index in [1.165, 1.54) is 11.9 Å². The summed E-state index contributed by atoms with van der Waals surface area (Å²) in [6.07, 6.45) is 1.22. The first-order chi connectivity index (χ1) is 7.52. The van der Waals surface area contributed by atoms with Crippen LogP contribution < -0.4 is 5.32 Å². The predicted octanol–water partition coefficient (Wildman–Crippen LogP) is 0.148. The lowest BCUT2D eigenvalue weighted by molar-refractivity contribution is -0.148. The van der Waals surface area contributed by atoms with Gasteiger partial charge in [0.05, 0.1) is 18.8 Å². The van der Waals surface area contributed by atoms with E-state index in [1.807, 2.05) is 13.8 Å². The molecule has 0 aliphatic carbocycles. The number of amides is 2. The van der Waals surface area contributed by atoms with Gasteiger partial charge in [-0.3, -0.25) is 14.5 Å². The van der Waals surface area contributed by atoms with Gasteiger partial charge in [-0.15, -0.1) is 0 Å². The van der Waals surface area contributed by atoms with Gasteiger partial charge in [0.15, 0.2) is 0 Å². The van der Waals surface area contributed by atoms with Crippen molar-refractivity contribution in [1.29, 1.82) is 0 Å². The summed E-state index contributed by atoms with van der Waals surface area (Å²) in [5.74, 6) is -0.234. The van der Waals surface area contributed by atoms with Crippen LogP contribution >= 0.6 is 0 Å². The molecule has 0 bridgehead atoms. The fraction of sp³-hybridized carbons (Fsp3) is 0.818. The molecular weight excluding hydrogens is 208 g/mol. The van der Waals surface area contributed by atoms with Crippen LogP contribution in [0.2, 0.25) is 0 Å². The average molecular weight is 228 g/mol. The van der Waals surface area contributed by atoms with Gasteiger partial charge in [0, 0.05) is 20.0 Å². The number of nitrogens with zero attached hydrogens (tertiary/aromatic N) is 1. The molecule has 1 rings (SSSR count). The first kappa shape index (κ1) is 13.1. The van der Waals surface area contributed by atoms with Crippen molar-refractivity contribution in [3.63, 3.8) is 0 Å². The van der Waals surface area contributed by atoms with Gasteiger partial charge in [0.2, 0.25) is 11.8 Å². The number of piperidine rings is 1. The normalized spacial score (nSPS) is 22.0. The van der Waals surface area contributed by atoms with Gasteiger partial charge < -0.3 is 10.1 Å². The number of likely N-dealkylation sites (tertiary alicyclic amines) is 1. The second kappa shape index (κ2) is 5.96. The van der Waals surface area contributed by atoms with Crippen LogP contribution in [-0.4, -0.2) is 49.1 Å². The summed E-state index contributed by atoms with van der Waals surface area (Å²) in [6, 6.07) is -0.238. The molecule has 1 aliphatic heterocycles. The molecule has 0 saturated carbocycles. The van der Waals surface area contributed by atoms with Gasteiger partial charge in [0.1, 0.15) is 0 Å². The van der Waals surface area contributed by atoms with Crippen molar-refractivity contribution in [2.45, 2.75) is 38.8 Å². The van der Waals surface area contributed by atoms with Crippen molar-refractivity contribution in [2.24, 2.45) is 0 Å². The van der Waals surface area contributed by atoms with Gasteiger partial charge in [0.25, 0.3) is 0 Å². The zero-order valence-electron chi connectivity index (χ0n) is 10.2. The molecule has 1 heterocycles. The second-order valence-electron chi connectivity index (χ2n) is 4.26. The number of carbonyl (C=O) groups is 2. The van der Waals surface area contributed by atoms with E-state index in [9.17, 15) is 9.59 Å². The Hall–Kier alpha value is -0.940. The van der Waals surface area contributed by atoms with Gasteiger partial charge in [-0.2, -0.15) is 0 Å². The minimum Gasteiger partial charge on any atom is -0.377 e. The van der Waals surface area contributed by atoms with E-state index in [-0.39, 0.29) is 24.0 Å². The van der Waals surface area contributed by atoms with Crippen molar-refractivity contribution >= 4 is 11.8 Å². The van der Waals surface area contributed by atoms with E-state index in [2.05, 4.69) is 5.32 Å². The molecule has 1 unspecified atom stereocenters. The van der Waals surface area contributed by atoms with E-state index in [0.717, 1.165) is 0 Å². The highest BCUT2D eigenvalue weighted by Crippen LogP contribution is 2.10. The average Bonchev–Trinajstić information content (AvgIpc) is 2.23. The SMILES string of the molecule is CC(C)OCCNC1CCC(=O)N(C)C1=O. The summed E-state index contributed by atoms with van der Waals surface area (Å²) in [4.78, 5) is 24.1. The van der Waals surface area contributed by atoms with E-state index >= 15 is 0 Å². The first-order valence-electron chi connectivity index (χ1n) is 5.67. The summed E-state index contributed by atoms with van der Waals surface area (Å²) in [5, 5.41) is 3.11. The Morgan fingerprint density at radius 2 is 2.19 bits per heavy atom. The van der Waals surface area contributed by atoms with Crippen molar-refractivity contribution in [2.75, 3.05) is 20.2 Å². The molecule has 0 aromatic heterocycles. The van der Waals surface area contributed by atoms with Crippen LogP contribution in [0.25, 0.3) is 0 Å². The van der Waals surface area contributed by atoms with E-state index in [1.54, 1.807) is 0 Å². The van der Waals surface area contributed by atoms with Crippen LogP contribution in [0.3, 0.4) is 0 Å². The molecule has 1 aliphatic rings. The Labute approximate surface area is 96.1 Å². The highest BCUT2D eigenvalue weighted by molar-refractivity contribution is 6.00. The summed E-state index contributed by atoms with van der Waals surface area (Å²) in [7, 11) is 1.53. The molecule has 1 atom stereocenters. The predicted molar refractivity (Wildman–Crippen MR) is 59.9 cm³/mol. The van der Waals surface area contributed by atoms with Crippen molar-refractivity contribution in [3.8, 4) is 0 Å². The third kappa shape index (κ3) is 3.57. The maximum atomic E-state index is 11.7. The lowest BCUT2D eigenvalue weighted by Crippen LogP contribution is -2.52. The number of nitrogens with one attached hydrogen (secondary N) is 1. The van der Waals surface area contributed by atoms with Crippen LogP contribution in [0.15, 0.2) is 0 Å². The zero-order valence-corrected chi connectivity index (χ0v) is 10.2. The largest absolute Gasteiger partial charge is 0.377 e. The highest BCUT2D eigenvalue weighted by Gasteiger charge is 2.30. The minimum atomic E-state index is -0.238. The van der Waals surface area contributed by atoms with Crippen molar-refractivity contribution in [1.82, 2.24) is 10.2 Å². The molecule has 1 N–H and O–H groups in total. The Bertz CT molecular complexity index is 266. The topological polar surface area (TPSA) is 58.6 Å². The molecule has 5 nitrogen and oxygen atoms in total. The number of rotatable bonds is 5. The monoisotopic (exact) mass is 228 g/mol. The molecular formula is C11H20N2O3. The number of hydrogen-bond acceptors (Lipinski definition) is 4. The maximum Gasteiger partial charge on any atom is 0.246 e. The quantitative estimate of drug-likeness (QED) is 0.537. The van der Waals surface area contributed by atoms with E-state index in [0.29, 0.717) is 26.0 Å². The van der Waals surface area contributed by atoms with Crippen LogP contribution in [0.4, 0.5) is 0 Å². The summed E-state index contributed by atoms with van der Waals surface area (Å²) < 4.78 is 5.36. The number of likely N-dealkylation sites (N-methyl/N-ethyl adjacent to an activating group) is 1. The van der Waals surface area contributed by atoms with E-state index in [4.69, 9.17) is 4.74 Å². The molecule has 92 valence electrons. The fourth-order valence-electron chi connectivity index (χ4n) is 1.63. The number of hydrogen-bond donors (Lipinski definition) is 1. The Morgan fingerprint density at radius 1 is 1.50 bits per heavy atom. The minimum absolute atomic E-state index is 0.0959. The molecule has 0 aromatic carbocycles. The molecule has 16 heavy (non-hydrogen) atoms. The molecule has 0 radical (unpaired) electrons. The summed E-state index contributed by atoms with van der Waals surface area (Å²) in [6.45, 7) is 5.16. The van der Waals surface area contributed by atoms with Crippen molar-refractivity contribution < 1.29 is 14.3 Å². The van der Waals surface area contributed by atoms with Crippen molar-refractivity contribution in [3.05, 3.63) is 0 Å². The Balaban J connectivity index is 2.27. The first-order valence-corrected chi connectivity index (χ1v) is 5.67. The van der Waals surface area contributed by atoms with Gasteiger partial charge in [-0.05, 0) is 20.3 Å². The Kier molecular flexibility index (Phi) is 4.89. The molecule has 1 saturated heterocycles. The second-order valence-corrected chi connectivity index (χ2v) is 4.26. The fourth-order valence-corrected chi connectivity index (χ4v) is 1.63. The number of imide groups is 1. The van der Waals surface area contributed by atoms with E-state index < -0.39 is 0 Å². The molecule has 0 spiro atoms. The third-order valence-electron chi connectivity index (χ3n) is 2.59. The highest BCUT2D eigenvalue weighted by atomic mass is 16.5. The number of carbonyl (C=O) groups excluding carboxylic acids is 2. The van der Waals surface area contributed by atoms with Crippen LogP contribution in [0, 0.1) is 0 Å². The van der Waals surface area contributed by atoms with Crippen LogP contribution in [-0.2, 0) is 14.3 Å². The van der Waals surface area contributed by atoms with Crippen LogP contribution in [0.1, 0.15) is 26.7 Å². The standard InChI is InChI=1S/C11H20N2O3/c1-8(2)16-7-6-12-9-4-5-10(14)13(3)11(9)15/h8-9,12H,4-7H2,1-3H3. The van der Waals surface area contributed by atoms with Crippen LogP contribution in [0.5, 0.6) is 0 Å². The molecule has 0 aromatic rings. The summed E-state index contributed by atoms with van der Waals surface area (Å²) >= 11 is 0. The lowest BCUT2D eigenvalue weighted by atomic mass is 10.0. The smallest absolute Gasteiger partial charge is 0.246 e. The Morgan fingerprint density at radius 3 is 2.81 bits per heavy atom. The molecule has 1 fully saturated rings.